The van der Waals surface area contributed by atoms with Gasteiger partial charge in [0.25, 0.3) is 5.91 Å². The van der Waals surface area contributed by atoms with Crippen molar-refractivity contribution in [3.05, 3.63) is 90.0 Å². The van der Waals surface area contributed by atoms with E-state index in [4.69, 9.17) is 4.74 Å². The second-order valence-corrected chi connectivity index (χ2v) is 7.10. The first-order valence-electron chi connectivity index (χ1n) is 9.56. The van der Waals surface area contributed by atoms with Crippen molar-refractivity contribution in [1.82, 2.24) is 5.32 Å². The van der Waals surface area contributed by atoms with E-state index in [1.54, 1.807) is 48.5 Å². The van der Waals surface area contributed by atoms with E-state index in [-0.39, 0.29) is 17.7 Å². The molecule has 1 atom stereocenters. The molecular weight excluding hydrogens is 366 g/mol. The molecule has 29 heavy (non-hydrogen) atoms. The Bertz CT molecular complexity index is 993. The maximum atomic E-state index is 12.7. The minimum Gasteiger partial charge on any atom is -0.508 e. The zero-order valence-electron chi connectivity index (χ0n) is 15.7. The minimum atomic E-state index is -0.985. The molecule has 5 heteroatoms. The molecule has 1 aliphatic rings. The van der Waals surface area contributed by atoms with E-state index in [0.29, 0.717) is 11.1 Å². The number of hydrogen-bond acceptors (Lipinski definition) is 4. The lowest BCUT2D eigenvalue weighted by Gasteiger charge is -2.18. The van der Waals surface area contributed by atoms with Crippen LogP contribution in [-0.2, 0) is 9.53 Å². The van der Waals surface area contributed by atoms with Crippen LogP contribution < -0.4 is 5.32 Å². The van der Waals surface area contributed by atoms with Gasteiger partial charge >= 0.3 is 5.97 Å². The maximum Gasteiger partial charge on any atom is 0.339 e. The lowest BCUT2D eigenvalue weighted by molar-refractivity contribution is -0.130. The molecule has 0 saturated heterocycles. The van der Waals surface area contributed by atoms with Gasteiger partial charge in [-0.25, -0.2) is 4.79 Å². The van der Waals surface area contributed by atoms with Gasteiger partial charge in [-0.15, -0.1) is 0 Å². The molecule has 146 valence electrons. The lowest BCUT2D eigenvalue weighted by Crippen LogP contribution is -2.33. The van der Waals surface area contributed by atoms with E-state index >= 15 is 0 Å². The Balaban J connectivity index is 1.50. The van der Waals surface area contributed by atoms with E-state index < -0.39 is 12.1 Å². The quantitative estimate of drug-likeness (QED) is 0.621. The molecular formula is C24H21NO4. The van der Waals surface area contributed by atoms with Crippen molar-refractivity contribution in [1.29, 1.82) is 0 Å². The Kier molecular flexibility index (Phi) is 5.29. The van der Waals surface area contributed by atoms with Crippen LogP contribution in [0.25, 0.3) is 11.1 Å². The van der Waals surface area contributed by atoms with Gasteiger partial charge in [0.15, 0.2) is 0 Å². The summed E-state index contributed by atoms with van der Waals surface area (Å²) < 4.78 is 5.59. The third-order valence-corrected chi connectivity index (χ3v) is 4.81. The van der Waals surface area contributed by atoms with E-state index in [1.165, 1.54) is 0 Å². The van der Waals surface area contributed by atoms with Gasteiger partial charge in [0, 0.05) is 11.6 Å². The van der Waals surface area contributed by atoms with Crippen LogP contribution in [0.2, 0.25) is 0 Å². The van der Waals surface area contributed by atoms with Crippen LogP contribution in [0, 0.1) is 0 Å². The minimum absolute atomic E-state index is 0.178. The van der Waals surface area contributed by atoms with Gasteiger partial charge in [-0.1, -0.05) is 54.6 Å². The highest BCUT2D eigenvalue weighted by atomic mass is 16.5. The normalized spacial score (nSPS) is 14.1. The first kappa shape index (κ1) is 18.7. The molecule has 0 aromatic heterocycles. The van der Waals surface area contributed by atoms with Gasteiger partial charge in [-0.05, 0) is 48.2 Å². The van der Waals surface area contributed by atoms with Crippen molar-refractivity contribution in [3.8, 4) is 16.9 Å². The topological polar surface area (TPSA) is 75.6 Å². The molecule has 1 fully saturated rings. The zero-order chi connectivity index (χ0) is 20.2. The molecule has 2 N–H and O–H groups in total. The number of carbonyl (C=O) groups is 2. The highest BCUT2D eigenvalue weighted by Crippen LogP contribution is 2.25. The summed E-state index contributed by atoms with van der Waals surface area (Å²) in [6.07, 6.45) is 0.931. The van der Waals surface area contributed by atoms with Crippen molar-refractivity contribution in [2.45, 2.75) is 25.0 Å². The van der Waals surface area contributed by atoms with Crippen molar-refractivity contribution in [2.75, 3.05) is 0 Å². The molecule has 1 aliphatic carbocycles. The highest BCUT2D eigenvalue weighted by Gasteiger charge is 2.31. The predicted octanol–water partition coefficient (Wildman–Crippen LogP) is 4.24. The highest BCUT2D eigenvalue weighted by molar-refractivity contribution is 5.93. The summed E-state index contributed by atoms with van der Waals surface area (Å²) in [5.41, 5.74) is 2.84. The van der Waals surface area contributed by atoms with E-state index in [2.05, 4.69) is 5.32 Å². The van der Waals surface area contributed by atoms with E-state index in [9.17, 15) is 14.7 Å². The molecule has 4 rings (SSSR count). The summed E-state index contributed by atoms with van der Waals surface area (Å²) in [5.74, 6) is -0.653. The smallest absolute Gasteiger partial charge is 0.339 e. The van der Waals surface area contributed by atoms with Gasteiger partial charge in [-0.2, -0.15) is 0 Å². The maximum absolute atomic E-state index is 12.7. The Morgan fingerprint density at radius 1 is 0.862 bits per heavy atom. The van der Waals surface area contributed by atoms with Gasteiger partial charge in [-0.3, -0.25) is 4.79 Å². The molecule has 0 bridgehead atoms. The molecule has 0 heterocycles. The van der Waals surface area contributed by atoms with E-state index in [0.717, 1.165) is 24.0 Å². The first-order valence-corrected chi connectivity index (χ1v) is 9.56. The van der Waals surface area contributed by atoms with Crippen LogP contribution in [0.1, 0.15) is 34.9 Å². The average Bonchev–Trinajstić information content (AvgIpc) is 3.57. The number of nitrogens with one attached hydrogen (secondary N) is 1. The van der Waals surface area contributed by atoms with Gasteiger partial charge in [0.2, 0.25) is 6.10 Å². The molecule has 3 aromatic carbocycles. The Hall–Kier alpha value is -3.60. The third kappa shape index (κ3) is 4.63. The number of rotatable bonds is 6. The average molecular weight is 387 g/mol. The molecule has 5 nitrogen and oxygen atoms in total. The summed E-state index contributed by atoms with van der Waals surface area (Å²) in [5, 5.41) is 12.3. The summed E-state index contributed by atoms with van der Waals surface area (Å²) >= 11 is 0. The molecule has 1 amide bonds. The number of hydrogen-bond donors (Lipinski definition) is 2. The molecule has 0 radical (unpaired) electrons. The Morgan fingerprint density at radius 2 is 1.45 bits per heavy atom. The monoisotopic (exact) mass is 387 g/mol. The number of benzene rings is 3. The number of carbonyl (C=O) groups excluding carboxylic acids is 2. The summed E-state index contributed by atoms with van der Waals surface area (Å²) in [4.78, 5) is 25.3. The second kappa shape index (κ2) is 8.19. The number of amides is 1. The van der Waals surface area contributed by atoms with Crippen molar-refractivity contribution in [2.24, 2.45) is 0 Å². The van der Waals surface area contributed by atoms with Crippen molar-refractivity contribution in [3.63, 3.8) is 0 Å². The van der Waals surface area contributed by atoms with Gasteiger partial charge in [0.05, 0.1) is 5.56 Å². The first-order chi connectivity index (χ1) is 14.1. The van der Waals surface area contributed by atoms with Crippen molar-refractivity contribution >= 4 is 11.9 Å². The van der Waals surface area contributed by atoms with Gasteiger partial charge in [0.1, 0.15) is 5.75 Å². The number of aromatic hydroxyl groups is 1. The van der Waals surface area contributed by atoms with Crippen LogP contribution in [-0.4, -0.2) is 23.0 Å². The largest absolute Gasteiger partial charge is 0.508 e. The predicted molar refractivity (Wildman–Crippen MR) is 109 cm³/mol. The van der Waals surface area contributed by atoms with Crippen LogP contribution in [0.5, 0.6) is 5.75 Å². The van der Waals surface area contributed by atoms with E-state index in [1.807, 2.05) is 30.3 Å². The molecule has 1 saturated carbocycles. The van der Waals surface area contributed by atoms with Crippen LogP contribution >= 0.6 is 0 Å². The molecule has 0 spiro atoms. The standard InChI is InChI=1S/C24H21NO4/c26-21-14-10-17(11-15-21)16-6-8-19(9-7-16)24(28)29-22(18-4-2-1-3-5-18)23(27)25-20-12-13-20/h1-11,14-15,20,22,26H,12-13H2,(H,25,27)/t22-/m1/s1. The lowest BCUT2D eigenvalue weighted by atomic mass is 10.0. The second-order valence-electron chi connectivity index (χ2n) is 7.10. The fourth-order valence-electron chi connectivity index (χ4n) is 3.03. The van der Waals surface area contributed by atoms with Gasteiger partial charge < -0.3 is 15.2 Å². The number of phenols is 1. The fourth-order valence-corrected chi connectivity index (χ4v) is 3.03. The number of phenolic OH excluding ortho intramolecular Hbond substituents is 1. The molecule has 3 aromatic rings. The summed E-state index contributed by atoms with van der Waals surface area (Å²) in [6, 6.07) is 23.0. The number of ether oxygens (including phenoxy) is 1. The molecule has 0 aliphatic heterocycles. The van der Waals surface area contributed by atoms with Crippen LogP contribution in [0.4, 0.5) is 0 Å². The molecule has 0 unspecified atom stereocenters. The van der Waals surface area contributed by atoms with Crippen LogP contribution in [0.15, 0.2) is 78.9 Å². The SMILES string of the molecule is O=C(O[C@@H](C(=O)NC1CC1)c1ccccc1)c1ccc(-c2ccc(O)cc2)cc1. The Morgan fingerprint density at radius 3 is 2.03 bits per heavy atom. The van der Waals surface area contributed by atoms with Crippen molar-refractivity contribution < 1.29 is 19.4 Å². The summed E-state index contributed by atoms with van der Waals surface area (Å²) in [7, 11) is 0. The Labute approximate surface area is 169 Å². The summed E-state index contributed by atoms with van der Waals surface area (Å²) in [6.45, 7) is 0. The van der Waals surface area contributed by atoms with Crippen LogP contribution in [0.3, 0.4) is 0 Å². The number of esters is 1. The third-order valence-electron chi connectivity index (χ3n) is 4.81. The fraction of sp³-hybridized carbons (Fsp3) is 0.167. The zero-order valence-corrected chi connectivity index (χ0v) is 15.7.